The molecule has 0 saturated heterocycles. The number of aromatic nitrogens is 1. The minimum Gasteiger partial charge on any atom is -0.393 e. The van der Waals surface area contributed by atoms with Crippen LogP contribution in [0.2, 0.25) is 0 Å². The Kier molecular flexibility index (Phi) is 6.02. The molecule has 2 N–H and O–H groups in total. The first-order valence-corrected chi connectivity index (χ1v) is 6.82. The highest BCUT2D eigenvalue weighted by Gasteiger charge is 2.10. The zero-order valence-electron chi connectivity index (χ0n) is 10.2. The van der Waals surface area contributed by atoms with Crippen LogP contribution in [0.4, 0.5) is 0 Å². The van der Waals surface area contributed by atoms with E-state index in [-0.39, 0.29) is 0 Å². The van der Waals surface area contributed by atoms with Crippen molar-refractivity contribution in [1.29, 1.82) is 0 Å². The number of rotatable bonds is 6. The van der Waals surface area contributed by atoms with Crippen molar-refractivity contribution in [1.82, 2.24) is 9.88 Å². The topological polar surface area (TPSA) is 42.1 Å². The SMILES string of the molecule is CC(C)N(CCC(N)=S)Cc1ccc(Br)cn1. The van der Waals surface area contributed by atoms with E-state index in [1.807, 2.05) is 18.3 Å². The molecule has 0 aliphatic heterocycles. The molecule has 3 nitrogen and oxygen atoms in total. The Morgan fingerprint density at radius 2 is 2.24 bits per heavy atom. The molecular weight excluding hydrogens is 298 g/mol. The fraction of sp³-hybridized carbons (Fsp3) is 0.500. The molecule has 0 aliphatic carbocycles. The summed E-state index contributed by atoms with van der Waals surface area (Å²) in [4.78, 5) is 7.26. The maximum absolute atomic E-state index is 5.54. The van der Waals surface area contributed by atoms with Crippen molar-refractivity contribution in [3.63, 3.8) is 0 Å². The summed E-state index contributed by atoms with van der Waals surface area (Å²) in [6.45, 7) is 6.04. The lowest BCUT2D eigenvalue weighted by Crippen LogP contribution is -2.33. The first-order valence-electron chi connectivity index (χ1n) is 5.62. The second-order valence-electron chi connectivity index (χ2n) is 4.25. The van der Waals surface area contributed by atoms with Crippen LogP contribution in [0.5, 0.6) is 0 Å². The first kappa shape index (κ1) is 14.5. The molecule has 0 spiro atoms. The lowest BCUT2D eigenvalue weighted by molar-refractivity contribution is 0.217. The molecule has 0 aliphatic rings. The van der Waals surface area contributed by atoms with Gasteiger partial charge >= 0.3 is 0 Å². The molecule has 5 heteroatoms. The minimum absolute atomic E-state index is 0.454. The standard InChI is InChI=1S/C12H18BrN3S/c1-9(2)16(6-5-12(14)17)8-11-4-3-10(13)7-15-11/h3-4,7,9H,5-6,8H2,1-2H3,(H2,14,17). The normalized spacial score (nSPS) is 11.1. The highest BCUT2D eigenvalue weighted by atomic mass is 79.9. The number of nitrogens with zero attached hydrogens (tertiary/aromatic N) is 2. The van der Waals surface area contributed by atoms with Crippen LogP contribution in [0.25, 0.3) is 0 Å². The molecule has 0 saturated carbocycles. The third-order valence-electron chi connectivity index (χ3n) is 2.53. The molecule has 1 heterocycles. The van der Waals surface area contributed by atoms with Gasteiger partial charge < -0.3 is 5.73 Å². The van der Waals surface area contributed by atoms with E-state index in [9.17, 15) is 0 Å². The van der Waals surface area contributed by atoms with Gasteiger partial charge in [-0.05, 0) is 41.9 Å². The van der Waals surface area contributed by atoms with E-state index in [0.29, 0.717) is 11.0 Å². The van der Waals surface area contributed by atoms with Gasteiger partial charge in [-0.25, -0.2) is 0 Å². The molecule has 0 aromatic carbocycles. The molecule has 1 aromatic heterocycles. The fourth-order valence-corrected chi connectivity index (χ4v) is 1.81. The lowest BCUT2D eigenvalue weighted by Gasteiger charge is -2.25. The number of hydrogen-bond acceptors (Lipinski definition) is 3. The highest BCUT2D eigenvalue weighted by molar-refractivity contribution is 9.10. The highest BCUT2D eigenvalue weighted by Crippen LogP contribution is 2.11. The molecule has 0 bridgehead atoms. The molecule has 1 aromatic rings. The molecule has 0 amide bonds. The number of pyridine rings is 1. The van der Waals surface area contributed by atoms with Gasteiger partial charge in [-0.3, -0.25) is 9.88 Å². The van der Waals surface area contributed by atoms with Crippen molar-refractivity contribution >= 4 is 33.1 Å². The van der Waals surface area contributed by atoms with E-state index in [1.54, 1.807) is 0 Å². The summed E-state index contributed by atoms with van der Waals surface area (Å²) in [5.74, 6) is 0. The smallest absolute Gasteiger partial charge is 0.0740 e. The quantitative estimate of drug-likeness (QED) is 0.820. The fourth-order valence-electron chi connectivity index (χ4n) is 1.48. The van der Waals surface area contributed by atoms with Gasteiger partial charge in [0.1, 0.15) is 0 Å². The van der Waals surface area contributed by atoms with Crippen LogP contribution < -0.4 is 5.73 Å². The third-order valence-corrected chi connectivity index (χ3v) is 3.20. The largest absolute Gasteiger partial charge is 0.393 e. The van der Waals surface area contributed by atoms with Gasteiger partial charge in [-0.1, -0.05) is 12.2 Å². The van der Waals surface area contributed by atoms with Crippen LogP contribution >= 0.6 is 28.1 Å². The summed E-state index contributed by atoms with van der Waals surface area (Å²) in [6, 6.07) is 4.49. The van der Waals surface area contributed by atoms with E-state index < -0.39 is 0 Å². The van der Waals surface area contributed by atoms with Gasteiger partial charge in [0.2, 0.25) is 0 Å². The zero-order chi connectivity index (χ0) is 12.8. The second-order valence-corrected chi connectivity index (χ2v) is 5.69. The Bertz CT molecular complexity index is 365. The van der Waals surface area contributed by atoms with Crippen LogP contribution in [-0.4, -0.2) is 27.5 Å². The average molecular weight is 316 g/mol. The van der Waals surface area contributed by atoms with E-state index in [0.717, 1.165) is 29.7 Å². The first-order chi connectivity index (χ1) is 7.99. The maximum atomic E-state index is 5.54. The summed E-state index contributed by atoms with van der Waals surface area (Å²) in [7, 11) is 0. The van der Waals surface area contributed by atoms with Crippen LogP contribution in [0, 0.1) is 0 Å². The number of halogens is 1. The van der Waals surface area contributed by atoms with E-state index in [1.165, 1.54) is 0 Å². The monoisotopic (exact) mass is 315 g/mol. The van der Waals surface area contributed by atoms with Gasteiger partial charge in [-0.2, -0.15) is 0 Å². The predicted molar refractivity (Wildman–Crippen MR) is 78.9 cm³/mol. The molecule has 0 radical (unpaired) electrons. The van der Waals surface area contributed by atoms with Crippen molar-refractivity contribution < 1.29 is 0 Å². The van der Waals surface area contributed by atoms with E-state index in [4.69, 9.17) is 18.0 Å². The summed E-state index contributed by atoms with van der Waals surface area (Å²) in [5.41, 5.74) is 6.60. The van der Waals surface area contributed by atoms with Crippen molar-refractivity contribution in [3.8, 4) is 0 Å². The Morgan fingerprint density at radius 1 is 1.53 bits per heavy atom. The lowest BCUT2D eigenvalue weighted by atomic mass is 10.2. The van der Waals surface area contributed by atoms with E-state index >= 15 is 0 Å². The van der Waals surface area contributed by atoms with Crippen molar-refractivity contribution in [3.05, 3.63) is 28.5 Å². The van der Waals surface area contributed by atoms with Crippen molar-refractivity contribution in [2.75, 3.05) is 6.54 Å². The Hall–Kier alpha value is -0.520. The van der Waals surface area contributed by atoms with Gasteiger partial charge in [-0.15, -0.1) is 0 Å². The van der Waals surface area contributed by atoms with E-state index in [2.05, 4.69) is 39.7 Å². The summed E-state index contributed by atoms with van der Waals surface area (Å²) in [5, 5.41) is 0. The number of hydrogen-bond donors (Lipinski definition) is 1. The minimum atomic E-state index is 0.454. The summed E-state index contributed by atoms with van der Waals surface area (Å²) in [6.07, 6.45) is 2.57. The van der Waals surface area contributed by atoms with Crippen LogP contribution in [0.15, 0.2) is 22.8 Å². The van der Waals surface area contributed by atoms with Crippen LogP contribution in [-0.2, 0) is 6.54 Å². The Balaban J connectivity index is 2.60. The van der Waals surface area contributed by atoms with Crippen LogP contribution in [0.3, 0.4) is 0 Å². The second kappa shape index (κ2) is 7.03. The molecule has 94 valence electrons. The van der Waals surface area contributed by atoms with Crippen molar-refractivity contribution in [2.45, 2.75) is 32.9 Å². The zero-order valence-corrected chi connectivity index (χ0v) is 12.6. The number of nitrogens with two attached hydrogens (primary N) is 1. The van der Waals surface area contributed by atoms with Crippen LogP contribution in [0.1, 0.15) is 26.0 Å². The molecule has 1 rings (SSSR count). The summed E-state index contributed by atoms with van der Waals surface area (Å²) < 4.78 is 1.00. The third kappa shape index (κ3) is 5.57. The average Bonchev–Trinajstić information content (AvgIpc) is 2.26. The predicted octanol–water partition coefficient (Wildman–Crippen LogP) is 2.73. The maximum Gasteiger partial charge on any atom is 0.0740 e. The molecular formula is C12H18BrN3S. The van der Waals surface area contributed by atoms with Gasteiger partial charge in [0.05, 0.1) is 10.7 Å². The van der Waals surface area contributed by atoms with Gasteiger partial charge in [0.15, 0.2) is 0 Å². The Morgan fingerprint density at radius 3 is 2.71 bits per heavy atom. The van der Waals surface area contributed by atoms with Gasteiger partial charge in [0, 0.05) is 36.2 Å². The molecule has 0 atom stereocenters. The van der Waals surface area contributed by atoms with Gasteiger partial charge in [0.25, 0.3) is 0 Å². The van der Waals surface area contributed by atoms with Crippen molar-refractivity contribution in [2.24, 2.45) is 5.73 Å². The molecule has 0 fully saturated rings. The number of thiocarbonyl (C=S) groups is 1. The Labute approximate surface area is 117 Å². The molecule has 0 unspecified atom stereocenters. The summed E-state index contributed by atoms with van der Waals surface area (Å²) >= 11 is 8.29. The molecule has 17 heavy (non-hydrogen) atoms.